The van der Waals surface area contributed by atoms with Crippen molar-refractivity contribution in [2.75, 3.05) is 51.5 Å². The number of aromatic nitrogens is 3. The average Bonchev–Trinajstić information content (AvgIpc) is 3.24. The van der Waals surface area contributed by atoms with E-state index in [2.05, 4.69) is 37.8 Å². The smallest absolute Gasteiger partial charge is 0.447 e. The summed E-state index contributed by atoms with van der Waals surface area (Å²) in [5.41, 5.74) is -3.69. The Balaban J connectivity index is 1.59. The fourth-order valence-electron chi connectivity index (χ4n) is 4.12. The van der Waals surface area contributed by atoms with Crippen LogP contribution in [-0.4, -0.2) is 83.7 Å². The molecule has 0 radical (unpaired) electrons. The molecule has 0 spiro atoms. The molecule has 0 aliphatic carbocycles. The number of nitrogens with zero attached hydrogens (tertiary/aromatic N) is 4. The molecule has 0 unspecified atom stereocenters. The SMILES string of the molecule is CNC(=O)c1cnc(NCC#Cc2nc3c(N[C@@H]4CCN(C)C[C@@H]4F)cccn3c2SC(F)(F)F)c(OC)c1. The number of imidazole rings is 1. The predicted octanol–water partition coefficient (Wildman–Crippen LogP) is 3.63. The van der Waals surface area contributed by atoms with Gasteiger partial charge in [-0.15, -0.1) is 0 Å². The van der Waals surface area contributed by atoms with Gasteiger partial charge in [0.2, 0.25) is 0 Å². The van der Waals surface area contributed by atoms with E-state index in [4.69, 9.17) is 4.74 Å². The lowest BCUT2D eigenvalue weighted by Crippen LogP contribution is -2.46. The Morgan fingerprint density at radius 3 is 2.85 bits per heavy atom. The highest BCUT2D eigenvalue weighted by atomic mass is 32.2. The van der Waals surface area contributed by atoms with Gasteiger partial charge in [-0.05, 0) is 37.6 Å². The molecule has 208 valence electrons. The summed E-state index contributed by atoms with van der Waals surface area (Å²) < 4.78 is 61.5. The van der Waals surface area contributed by atoms with Crippen molar-refractivity contribution in [3.63, 3.8) is 0 Å². The van der Waals surface area contributed by atoms with Crippen LogP contribution < -0.4 is 20.7 Å². The Kier molecular flexibility index (Phi) is 8.71. The van der Waals surface area contributed by atoms with Crippen LogP contribution >= 0.6 is 11.8 Å². The number of amides is 1. The van der Waals surface area contributed by atoms with Crippen molar-refractivity contribution in [1.29, 1.82) is 0 Å². The summed E-state index contributed by atoms with van der Waals surface area (Å²) in [5, 5.41) is 8.36. The van der Waals surface area contributed by atoms with Gasteiger partial charge in [-0.25, -0.2) is 14.4 Å². The fraction of sp³-hybridized carbons (Fsp3) is 0.400. The first-order valence-corrected chi connectivity index (χ1v) is 12.8. The molecule has 9 nitrogen and oxygen atoms in total. The van der Waals surface area contributed by atoms with Crippen LogP contribution in [0.3, 0.4) is 0 Å². The molecule has 1 saturated heterocycles. The number of carbonyl (C=O) groups is 1. The second-order valence-electron chi connectivity index (χ2n) is 8.76. The molecule has 2 atom stereocenters. The van der Waals surface area contributed by atoms with Gasteiger partial charge in [0.15, 0.2) is 17.2 Å². The van der Waals surface area contributed by atoms with E-state index in [1.807, 2.05) is 11.9 Å². The molecule has 1 aliphatic heterocycles. The number of methoxy groups -OCH3 is 1. The van der Waals surface area contributed by atoms with Crippen LogP contribution in [0.5, 0.6) is 5.75 Å². The first-order chi connectivity index (χ1) is 18.6. The van der Waals surface area contributed by atoms with Crippen molar-refractivity contribution in [2.24, 2.45) is 0 Å². The summed E-state index contributed by atoms with van der Waals surface area (Å²) in [6.45, 7) is 0.974. The Morgan fingerprint density at radius 1 is 1.36 bits per heavy atom. The predicted molar refractivity (Wildman–Crippen MR) is 141 cm³/mol. The number of fused-ring (bicyclic) bond motifs is 1. The van der Waals surface area contributed by atoms with Crippen LogP contribution in [0.15, 0.2) is 35.6 Å². The lowest BCUT2D eigenvalue weighted by Gasteiger charge is -2.33. The molecule has 0 saturated carbocycles. The van der Waals surface area contributed by atoms with Crippen molar-refractivity contribution in [1.82, 2.24) is 24.6 Å². The number of alkyl halides is 4. The third kappa shape index (κ3) is 6.85. The van der Waals surface area contributed by atoms with Crippen LogP contribution in [0.1, 0.15) is 22.5 Å². The average molecular weight is 566 g/mol. The van der Waals surface area contributed by atoms with Gasteiger partial charge in [0.05, 0.1) is 30.9 Å². The van der Waals surface area contributed by atoms with Crippen LogP contribution in [0.4, 0.5) is 29.1 Å². The maximum absolute atomic E-state index is 14.6. The maximum Gasteiger partial charge on any atom is 0.447 e. The summed E-state index contributed by atoms with van der Waals surface area (Å²) >= 11 is -0.315. The summed E-state index contributed by atoms with van der Waals surface area (Å²) in [5.74, 6) is 5.76. The number of nitrogens with one attached hydrogen (secondary N) is 3. The molecule has 4 rings (SSSR count). The van der Waals surface area contributed by atoms with Gasteiger partial charge in [0, 0.05) is 44.3 Å². The highest BCUT2D eigenvalue weighted by molar-refractivity contribution is 8.00. The van der Waals surface area contributed by atoms with Crippen molar-refractivity contribution in [3.05, 3.63) is 41.9 Å². The molecular formula is C25H27F4N7O2S. The number of hydrogen-bond donors (Lipinski definition) is 3. The number of hydrogen-bond acceptors (Lipinski definition) is 8. The molecule has 3 aromatic heterocycles. The van der Waals surface area contributed by atoms with Crippen molar-refractivity contribution >= 4 is 34.8 Å². The van der Waals surface area contributed by atoms with Gasteiger partial charge in [-0.2, -0.15) is 13.2 Å². The lowest BCUT2D eigenvalue weighted by atomic mass is 10.0. The number of pyridine rings is 2. The largest absolute Gasteiger partial charge is 0.493 e. The first kappa shape index (κ1) is 28.3. The number of halogens is 4. The standard InChI is InChI=1S/C25H27F4N7O2S/c1-30-23(37)15-12-20(38-3)21(32-13-15)31-9-4-6-19-24(39-25(27,28)29)36-10-5-7-18(22(36)34-19)33-17-8-11-35(2)14-16(17)26/h5,7,10,12-13,16-17,33H,8-9,11,14H2,1-3H3,(H,30,37)(H,31,32)/t16-,17+/m0/s1. The van der Waals surface area contributed by atoms with Crippen molar-refractivity contribution in [3.8, 4) is 17.6 Å². The third-order valence-corrected chi connectivity index (χ3v) is 6.83. The van der Waals surface area contributed by atoms with Crippen LogP contribution in [0, 0.1) is 11.8 Å². The van der Waals surface area contributed by atoms with E-state index in [0.29, 0.717) is 35.8 Å². The quantitative estimate of drug-likeness (QED) is 0.227. The second-order valence-corrected chi connectivity index (χ2v) is 9.81. The van der Waals surface area contributed by atoms with E-state index in [-0.39, 0.29) is 47.1 Å². The van der Waals surface area contributed by atoms with Gasteiger partial charge < -0.3 is 25.6 Å². The zero-order valence-corrected chi connectivity index (χ0v) is 22.2. The number of rotatable bonds is 7. The van der Waals surface area contributed by atoms with Crippen LogP contribution in [-0.2, 0) is 0 Å². The lowest BCUT2D eigenvalue weighted by molar-refractivity contribution is -0.0330. The summed E-state index contributed by atoms with van der Waals surface area (Å²) in [6, 6.07) is 4.26. The number of carbonyl (C=O) groups excluding carboxylic acids is 1. The first-order valence-electron chi connectivity index (χ1n) is 11.9. The van der Waals surface area contributed by atoms with Crippen molar-refractivity contribution < 1.29 is 27.1 Å². The van der Waals surface area contributed by atoms with E-state index in [0.717, 1.165) is 0 Å². The fourth-order valence-corrected chi connectivity index (χ4v) is 4.78. The van der Waals surface area contributed by atoms with E-state index in [1.54, 1.807) is 12.1 Å². The van der Waals surface area contributed by atoms with Crippen molar-refractivity contribution in [2.45, 2.75) is 29.2 Å². The molecule has 1 aliphatic rings. The van der Waals surface area contributed by atoms with E-state index >= 15 is 0 Å². The van der Waals surface area contributed by atoms with Crippen LogP contribution in [0.25, 0.3) is 5.65 Å². The highest BCUT2D eigenvalue weighted by Crippen LogP contribution is 2.39. The summed E-state index contributed by atoms with van der Waals surface area (Å²) in [6.07, 6.45) is 2.24. The minimum atomic E-state index is -4.57. The molecule has 14 heteroatoms. The van der Waals surface area contributed by atoms with E-state index in [9.17, 15) is 22.4 Å². The number of thioether (sulfide) groups is 1. The number of piperidine rings is 1. The molecule has 3 N–H and O–H groups in total. The molecule has 0 bridgehead atoms. The number of likely N-dealkylation sites (tertiary alicyclic amines) is 1. The van der Waals surface area contributed by atoms with Gasteiger partial charge in [0.25, 0.3) is 5.91 Å². The second kappa shape index (κ2) is 12.0. The molecule has 0 aromatic carbocycles. The number of anilines is 2. The van der Waals surface area contributed by atoms with Gasteiger partial charge in [-0.3, -0.25) is 9.20 Å². The van der Waals surface area contributed by atoms with E-state index < -0.39 is 17.7 Å². The van der Waals surface area contributed by atoms with Gasteiger partial charge >= 0.3 is 5.51 Å². The third-order valence-electron chi connectivity index (χ3n) is 6.02. The van der Waals surface area contributed by atoms with Gasteiger partial charge in [-0.1, -0.05) is 5.92 Å². The maximum atomic E-state index is 14.6. The topological polar surface area (TPSA) is 95.8 Å². The molecule has 3 aromatic rings. The minimum Gasteiger partial charge on any atom is -0.493 e. The summed E-state index contributed by atoms with van der Waals surface area (Å²) in [7, 11) is 4.75. The van der Waals surface area contributed by atoms with Crippen LogP contribution in [0.2, 0.25) is 0 Å². The molecule has 39 heavy (non-hydrogen) atoms. The molecule has 4 heterocycles. The van der Waals surface area contributed by atoms with Gasteiger partial charge in [0.1, 0.15) is 16.9 Å². The number of ether oxygens (including phenoxy) is 1. The Labute approximate surface area is 226 Å². The summed E-state index contributed by atoms with van der Waals surface area (Å²) in [4.78, 5) is 22.2. The zero-order valence-electron chi connectivity index (χ0n) is 21.4. The minimum absolute atomic E-state index is 0.0108. The zero-order chi connectivity index (χ0) is 28.2. The normalized spacial score (nSPS) is 17.8. The Bertz CT molecular complexity index is 1400. The Hall–Kier alpha value is -3.70. The highest BCUT2D eigenvalue weighted by Gasteiger charge is 2.33. The molecular weight excluding hydrogens is 538 g/mol. The Morgan fingerprint density at radius 2 is 2.15 bits per heavy atom. The molecule has 1 fully saturated rings. The molecule has 1 amide bonds. The monoisotopic (exact) mass is 565 g/mol. The van der Waals surface area contributed by atoms with E-state index in [1.165, 1.54) is 37.0 Å².